The van der Waals surface area contributed by atoms with Gasteiger partial charge in [0.1, 0.15) is 0 Å². The maximum Gasteiger partial charge on any atom is 0.255 e. The summed E-state index contributed by atoms with van der Waals surface area (Å²) < 4.78 is 5.17. The maximum atomic E-state index is 12.0. The van der Waals surface area contributed by atoms with Crippen LogP contribution in [0.2, 0.25) is 5.02 Å². The van der Waals surface area contributed by atoms with E-state index in [0.717, 1.165) is 0 Å². The van der Waals surface area contributed by atoms with Gasteiger partial charge in [-0.25, -0.2) is 0 Å². The first-order valence-electron chi connectivity index (χ1n) is 5.41. The summed E-state index contributed by atoms with van der Waals surface area (Å²) in [4.78, 5) is 12.0. The first-order chi connectivity index (χ1) is 8.72. The van der Waals surface area contributed by atoms with Crippen molar-refractivity contribution in [3.05, 3.63) is 59.1 Å². The second-order valence-electron chi connectivity index (χ2n) is 3.64. The van der Waals surface area contributed by atoms with Crippen molar-refractivity contribution in [3.8, 4) is 5.75 Å². The zero-order chi connectivity index (χ0) is 13.0. The number of ether oxygens (including phenoxy) is 1. The Kier molecular flexibility index (Phi) is 3.85. The van der Waals surface area contributed by atoms with Crippen LogP contribution in [0.4, 0.5) is 5.69 Å². The molecule has 2 rings (SSSR count). The van der Waals surface area contributed by atoms with Crippen LogP contribution < -0.4 is 10.1 Å². The molecule has 0 radical (unpaired) electrons. The number of anilines is 1. The summed E-state index contributed by atoms with van der Waals surface area (Å²) in [5.74, 6) is 0.264. The van der Waals surface area contributed by atoms with Crippen LogP contribution in [-0.4, -0.2) is 13.0 Å². The van der Waals surface area contributed by atoms with Crippen molar-refractivity contribution in [2.45, 2.75) is 0 Å². The zero-order valence-electron chi connectivity index (χ0n) is 9.81. The van der Waals surface area contributed by atoms with Gasteiger partial charge in [-0.2, -0.15) is 0 Å². The number of methoxy groups -OCH3 is 1. The summed E-state index contributed by atoms with van der Waals surface area (Å²) in [5, 5.41) is 3.23. The van der Waals surface area contributed by atoms with E-state index in [2.05, 4.69) is 5.32 Å². The van der Waals surface area contributed by atoms with Crippen molar-refractivity contribution < 1.29 is 9.53 Å². The largest absolute Gasteiger partial charge is 0.493 e. The number of hydrogen-bond acceptors (Lipinski definition) is 2. The van der Waals surface area contributed by atoms with Crippen molar-refractivity contribution in [1.82, 2.24) is 0 Å². The Labute approximate surface area is 110 Å². The minimum absolute atomic E-state index is 0.198. The summed E-state index contributed by atoms with van der Waals surface area (Å²) in [5.41, 5.74) is 1.14. The van der Waals surface area contributed by atoms with Crippen LogP contribution in [0.5, 0.6) is 5.75 Å². The van der Waals surface area contributed by atoms with Gasteiger partial charge in [-0.3, -0.25) is 4.79 Å². The number of benzene rings is 2. The molecular formula is C14H12ClNO2. The third-order valence-corrected chi connectivity index (χ3v) is 2.75. The summed E-state index contributed by atoms with van der Waals surface area (Å²) in [6, 6.07) is 14.2. The van der Waals surface area contributed by atoms with E-state index in [1.54, 1.807) is 30.3 Å². The van der Waals surface area contributed by atoms with Crippen LogP contribution in [0, 0.1) is 0 Å². The first kappa shape index (κ1) is 12.5. The van der Waals surface area contributed by atoms with Gasteiger partial charge in [0.15, 0.2) is 5.75 Å². The molecule has 0 heterocycles. The maximum absolute atomic E-state index is 12.0. The molecule has 18 heavy (non-hydrogen) atoms. The van der Waals surface area contributed by atoms with Gasteiger partial charge >= 0.3 is 0 Å². The highest BCUT2D eigenvalue weighted by Gasteiger charge is 2.11. The first-order valence-corrected chi connectivity index (χ1v) is 5.79. The molecule has 3 nitrogen and oxygen atoms in total. The predicted octanol–water partition coefficient (Wildman–Crippen LogP) is 3.60. The normalized spacial score (nSPS) is 9.89. The highest BCUT2D eigenvalue weighted by molar-refractivity contribution is 6.32. The summed E-state index contributed by atoms with van der Waals surface area (Å²) >= 11 is 5.98. The Bertz CT molecular complexity index is 555. The molecule has 2 aromatic carbocycles. The van der Waals surface area contributed by atoms with Gasteiger partial charge in [-0.1, -0.05) is 35.9 Å². The number of para-hydroxylation sites is 1. The van der Waals surface area contributed by atoms with Crippen LogP contribution >= 0.6 is 11.6 Å². The van der Waals surface area contributed by atoms with Crippen molar-refractivity contribution in [2.24, 2.45) is 0 Å². The number of amides is 1. The second-order valence-corrected chi connectivity index (χ2v) is 4.05. The van der Waals surface area contributed by atoms with Gasteiger partial charge in [-0.15, -0.1) is 0 Å². The number of carbonyl (C=O) groups excluding carboxylic acids is 1. The van der Waals surface area contributed by atoms with Crippen molar-refractivity contribution in [1.29, 1.82) is 0 Å². The molecule has 0 aromatic heterocycles. The molecule has 0 bridgehead atoms. The molecule has 0 saturated heterocycles. The molecule has 0 unspecified atom stereocenters. The number of halogens is 1. The number of carbonyl (C=O) groups is 1. The van der Waals surface area contributed by atoms with Crippen LogP contribution in [0.3, 0.4) is 0 Å². The van der Waals surface area contributed by atoms with E-state index in [1.807, 2.05) is 18.2 Å². The second kappa shape index (κ2) is 5.56. The molecule has 0 atom stereocenters. The Morgan fingerprint density at radius 3 is 2.50 bits per heavy atom. The van der Waals surface area contributed by atoms with Gasteiger partial charge in [0.05, 0.1) is 17.8 Å². The van der Waals surface area contributed by atoms with E-state index in [4.69, 9.17) is 16.3 Å². The molecule has 0 fully saturated rings. The number of rotatable bonds is 3. The topological polar surface area (TPSA) is 38.3 Å². The number of nitrogens with one attached hydrogen (secondary N) is 1. The van der Waals surface area contributed by atoms with E-state index < -0.39 is 0 Å². The lowest BCUT2D eigenvalue weighted by Crippen LogP contribution is -2.12. The Balaban J connectivity index is 2.25. The Morgan fingerprint density at radius 1 is 1.11 bits per heavy atom. The van der Waals surface area contributed by atoms with Crippen LogP contribution in [-0.2, 0) is 0 Å². The Hall–Kier alpha value is -2.00. The van der Waals surface area contributed by atoms with Gasteiger partial charge in [-0.05, 0) is 24.3 Å². The van der Waals surface area contributed by atoms with Gasteiger partial charge in [0.2, 0.25) is 0 Å². The molecule has 0 aliphatic carbocycles. The van der Waals surface area contributed by atoms with Gasteiger partial charge in [0, 0.05) is 5.56 Å². The minimum Gasteiger partial charge on any atom is -0.493 e. The predicted molar refractivity (Wildman–Crippen MR) is 72.4 cm³/mol. The van der Waals surface area contributed by atoms with E-state index in [0.29, 0.717) is 22.0 Å². The summed E-state index contributed by atoms with van der Waals surface area (Å²) in [6.45, 7) is 0. The van der Waals surface area contributed by atoms with Crippen LogP contribution in [0.1, 0.15) is 10.4 Å². The number of hydrogen-bond donors (Lipinski definition) is 1. The average molecular weight is 262 g/mol. The monoisotopic (exact) mass is 261 g/mol. The molecule has 1 N–H and O–H groups in total. The lowest BCUT2D eigenvalue weighted by Gasteiger charge is -2.11. The van der Waals surface area contributed by atoms with Crippen LogP contribution in [0.25, 0.3) is 0 Å². The van der Waals surface area contributed by atoms with E-state index >= 15 is 0 Å². The lowest BCUT2D eigenvalue weighted by molar-refractivity contribution is 0.102. The van der Waals surface area contributed by atoms with Crippen molar-refractivity contribution in [3.63, 3.8) is 0 Å². The molecule has 0 spiro atoms. The zero-order valence-corrected chi connectivity index (χ0v) is 10.6. The van der Waals surface area contributed by atoms with E-state index in [9.17, 15) is 4.79 Å². The molecule has 0 aliphatic heterocycles. The van der Waals surface area contributed by atoms with E-state index in [1.165, 1.54) is 7.11 Å². The SMILES string of the molecule is COc1c(Cl)cccc1NC(=O)c1ccccc1. The smallest absolute Gasteiger partial charge is 0.255 e. The van der Waals surface area contributed by atoms with Crippen molar-refractivity contribution in [2.75, 3.05) is 12.4 Å². The third kappa shape index (κ3) is 2.63. The van der Waals surface area contributed by atoms with Gasteiger partial charge in [0.25, 0.3) is 5.91 Å². The van der Waals surface area contributed by atoms with Crippen molar-refractivity contribution >= 4 is 23.2 Å². The molecular weight excluding hydrogens is 250 g/mol. The molecule has 1 amide bonds. The van der Waals surface area contributed by atoms with Gasteiger partial charge < -0.3 is 10.1 Å². The Morgan fingerprint density at radius 2 is 1.83 bits per heavy atom. The fourth-order valence-corrected chi connectivity index (χ4v) is 1.85. The molecule has 0 saturated carbocycles. The molecule has 0 aliphatic rings. The fraction of sp³-hybridized carbons (Fsp3) is 0.0714. The standard InChI is InChI=1S/C14H12ClNO2/c1-18-13-11(15)8-5-9-12(13)16-14(17)10-6-3-2-4-7-10/h2-9H,1H3,(H,16,17). The van der Waals surface area contributed by atoms with E-state index in [-0.39, 0.29) is 5.91 Å². The van der Waals surface area contributed by atoms with Crippen LogP contribution in [0.15, 0.2) is 48.5 Å². The lowest BCUT2D eigenvalue weighted by atomic mass is 10.2. The fourth-order valence-electron chi connectivity index (χ4n) is 1.60. The molecule has 92 valence electrons. The molecule has 4 heteroatoms. The summed E-state index contributed by atoms with van der Waals surface area (Å²) in [6.07, 6.45) is 0. The summed E-state index contributed by atoms with van der Waals surface area (Å²) in [7, 11) is 1.51. The quantitative estimate of drug-likeness (QED) is 0.917. The highest BCUT2D eigenvalue weighted by Crippen LogP contribution is 2.32. The third-order valence-electron chi connectivity index (χ3n) is 2.46. The minimum atomic E-state index is -0.198. The highest BCUT2D eigenvalue weighted by atomic mass is 35.5. The average Bonchev–Trinajstić information content (AvgIpc) is 2.40. The molecule has 2 aromatic rings.